The van der Waals surface area contributed by atoms with Crippen molar-refractivity contribution in [1.29, 1.82) is 0 Å². The summed E-state index contributed by atoms with van der Waals surface area (Å²) in [7, 11) is 3.23. The Morgan fingerprint density at radius 2 is 1.79 bits per heavy atom. The van der Waals surface area contributed by atoms with Gasteiger partial charge >= 0.3 is 0 Å². The van der Waals surface area contributed by atoms with Crippen LogP contribution in [0.25, 0.3) is 11.3 Å². The molecule has 28 heavy (non-hydrogen) atoms. The normalized spacial score (nSPS) is 11.0. The Morgan fingerprint density at radius 3 is 2.46 bits per heavy atom. The molecule has 0 radical (unpaired) electrons. The molecule has 6 nitrogen and oxygen atoms in total. The SMILES string of the molecule is COc1ccc(-c2csc(N/N=C\c3ccc(OC(C)C)cc3)n2)cc1OC. The number of aromatic nitrogens is 1. The van der Waals surface area contributed by atoms with Gasteiger partial charge in [-0.2, -0.15) is 5.10 Å². The fourth-order valence-corrected chi connectivity index (χ4v) is 3.19. The highest BCUT2D eigenvalue weighted by Crippen LogP contribution is 2.33. The van der Waals surface area contributed by atoms with Crippen molar-refractivity contribution in [1.82, 2.24) is 4.98 Å². The molecule has 1 aromatic heterocycles. The molecule has 3 aromatic rings. The number of anilines is 1. The van der Waals surface area contributed by atoms with E-state index in [9.17, 15) is 0 Å². The van der Waals surface area contributed by atoms with Crippen LogP contribution in [0.4, 0.5) is 5.13 Å². The summed E-state index contributed by atoms with van der Waals surface area (Å²) in [5.41, 5.74) is 5.74. The first-order chi connectivity index (χ1) is 13.6. The highest BCUT2D eigenvalue weighted by Gasteiger charge is 2.09. The van der Waals surface area contributed by atoms with Gasteiger partial charge < -0.3 is 14.2 Å². The van der Waals surface area contributed by atoms with Gasteiger partial charge in [-0.05, 0) is 61.9 Å². The Bertz CT molecular complexity index is 936. The molecule has 0 aliphatic heterocycles. The van der Waals surface area contributed by atoms with Crippen molar-refractivity contribution in [2.24, 2.45) is 5.10 Å². The van der Waals surface area contributed by atoms with E-state index in [1.807, 2.05) is 61.7 Å². The minimum atomic E-state index is 0.158. The Balaban J connectivity index is 1.64. The van der Waals surface area contributed by atoms with Crippen LogP contribution in [0, 0.1) is 0 Å². The summed E-state index contributed by atoms with van der Waals surface area (Å²) in [5.74, 6) is 2.21. The lowest BCUT2D eigenvalue weighted by Gasteiger charge is -2.09. The molecule has 0 spiro atoms. The zero-order valence-corrected chi connectivity index (χ0v) is 17.1. The number of ether oxygens (including phenoxy) is 3. The van der Waals surface area contributed by atoms with E-state index in [2.05, 4.69) is 15.5 Å². The van der Waals surface area contributed by atoms with Crippen LogP contribution in [0.3, 0.4) is 0 Å². The van der Waals surface area contributed by atoms with Crippen LogP contribution in [0.5, 0.6) is 17.2 Å². The van der Waals surface area contributed by atoms with Gasteiger partial charge in [-0.25, -0.2) is 4.98 Å². The monoisotopic (exact) mass is 397 g/mol. The molecule has 0 saturated heterocycles. The number of hydrogen-bond donors (Lipinski definition) is 1. The van der Waals surface area contributed by atoms with E-state index >= 15 is 0 Å². The summed E-state index contributed by atoms with van der Waals surface area (Å²) >= 11 is 1.48. The molecule has 1 heterocycles. The lowest BCUT2D eigenvalue weighted by Crippen LogP contribution is -2.05. The predicted octanol–water partition coefficient (Wildman–Crippen LogP) is 5.06. The Labute approximate surface area is 168 Å². The number of rotatable bonds is 8. The highest BCUT2D eigenvalue weighted by atomic mass is 32.1. The molecule has 0 aliphatic rings. The van der Waals surface area contributed by atoms with Gasteiger partial charge in [-0.15, -0.1) is 11.3 Å². The van der Waals surface area contributed by atoms with Gasteiger partial charge in [0.1, 0.15) is 5.75 Å². The third kappa shape index (κ3) is 5.01. The summed E-state index contributed by atoms with van der Waals surface area (Å²) in [5, 5.41) is 6.94. The van der Waals surface area contributed by atoms with Gasteiger partial charge in [0.05, 0.1) is 32.2 Å². The molecule has 0 aliphatic carbocycles. The van der Waals surface area contributed by atoms with E-state index in [1.165, 1.54) is 11.3 Å². The summed E-state index contributed by atoms with van der Waals surface area (Å²) in [4.78, 5) is 4.57. The fourth-order valence-electron chi connectivity index (χ4n) is 2.52. The maximum atomic E-state index is 5.63. The molecule has 0 fully saturated rings. The van der Waals surface area contributed by atoms with Crippen LogP contribution in [0.15, 0.2) is 52.9 Å². The zero-order chi connectivity index (χ0) is 19.9. The van der Waals surface area contributed by atoms with Gasteiger partial charge in [0, 0.05) is 10.9 Å². The third-order valence-corrected chi connectivity index (χ3v) is 4.56. The number of methoxy groups -OCH3 is 2. The van der Waals surface area contributed by atoms with Gasteiger partial charge in [0.25, 0.3) is 0 Å². The average Bonchev–Trinajstić information content (AvgIpc) is 3.17. The van der Waals surface area contributed by atoms with Crippen LogP contribution in [0.1, 0.15) is 19.4 Å². The fraction of sp³-hybridized carbons (Fsp3) is 0.238. The van der Waals surface area contributed by atoms with Crippen molar-refractivity contribution in [3.8, 4) is 28.5 Å². The van der Waals surface area contributed by atoms with Gasteiger partial charge in [0.2, 0.25) is 5.13 Å². The quantitative estimate of drug-likeness (QED) is 0.425. The van der Waals surface area contributed by atoms with E-state index < -0.39 is 0 Å². The van der Waals surface area contributed by atoms with Crippen molar-refractivity contribution in [3.05, 3.63) is 53.4 Å². The number of nitrogens with zero attached hydrogens (tertiary/aromatic N) is 2. The molecular formula is C21H23N3O3S. The highest BCUT2D eigenvalue weighted by molar-refractivity contribution is 7.14. The average molecular weight is 398 g/mol. The first-order valence-electron chi connectivity index (χ1n) is 8.82. The van der Waals surface area contributed by atoms with Crippen LogP contribution in [0.2, 0.25) is 0 Å². The zero-order valence-electron chi connectivity index (χ0n) is 16.3. The molecule has 0 saturated carbocycles. The van der Waals surface area contributed by atoms with Crippen LogP contribution in [-0.2, 0) is 0 Å². The summed E-state index contributed by atoms with van der Waals surface area (Å²) < 4.78 is 16.3. The van der Waals surface area contributed by atoms with E-state index in [0.29, 0.717) is 16.6 Å². The van der Waals surface area contributed by atoms with Gasteiger partial charge in [0.15, 0.2) is 11.5 Å². The van der Waals surface area contributed by atoms with Gasteiger partial charge in [-0.1, -0.05) is 0 Å². The maximum Gasteiger partial charge on any atom is 0.203 e. The second kappa shape index (κ2) is 9.23. The lowest BCUT2D eigenvalue weighted by molar-refractivity contribution is 0.242. The lowest BCUT2D eigenvalue weighted by atomic mass is 10.1. The summed E-state index contributed by atoms with van der Waals surface area (Å²) in [6, 6.07) is 13.5. The topological polar surface area (TPSA) is 65.0 Å². The number of thiazole rings is 1. The van der Waals surface area contributed by atoms with Gasteiger partial charge in [-0.3, -0.25) is 5.43 Å². The second-order valence-electron chi connectivity index (χ2n) is 6.21. The van der Waals surface area contributed by atoms with Crippen LogP contribution in [-0.4, -0.2) is 31.5 Å². The van der Waals surface area contributed by atoms with E-state index in [4.69, 9.17) is 14.2 Å². The molecular weight excluding hydrogens is 374 g/mol. The molecule has 0 amide bonds. The molecule has 2 aromatic carbocycles. The Hall–Kier alpha value is -3.06. The second-order valence-corrected chi connectivity index (χ2v) is 7.07. The number of hydrazone groups is 1. The number of benzene rings is 2. The standard InChI is InChI=1S/C21H23N3O3S/c1-14(2)27-17-8-5-15(6-9-17)12-22-24-21-23-18(13-28-21)16-7-10-19(25-3)20(11-16)26-4/h5-14H,1-4H3,(H,23,24)/b22-12-. The van der Waals surface area contributed by atoms with Crippen LogP contribution < -0.4 is 19.6 Å². The third-order valence-electron chi connectivity index (χ3n) is 3.81. The molecule has 146 valence electrons. The van der Waals surface area contributed by atoms with E-state index in [0.717, 1.165) is 22.6 Å². The maximum absolute atomic E-state index is 5.63. The van der Waals surface area contributed by atoms with E-state index in [1.54, 1.807) is 20.4 Å². The Kier molecular flexibility index (Phi) is 6.49. The Morgan fingerprint density at radius 1 is 1.04 bits per heavy atom. The molecule has 3 rings (SSSR count). The molecule has 1 N–H and O–H groups in total. The molecule has 7 heteroatoms. The summed E-state index contributed by atoms with van der Waals surface area (Å²) in [6.45, 7) is 4.01. The first-order valence-corrected chi connectivity index (χ1v) is 9.70. The van der Waals surface area contributed by atoms with E-state index in [-0.39, 0.29) is 6.10 Å². The first kappa shape index (κ1) is 19.7. The molecule has 0 unspecified atom stereocenters. The van der Waals surface area contributed by atoms with Crippen molar-refractivity contribution < 1.29 is 14.2 Å². The van der Waals surface area contributed by atoms with Crippen LogP contribution >= 0.6 is 11.3 Å². The van der Waals surface area contributed by atoms with Crippen molar-refractivity contribution in [3.63, 3.8) is 0 Å². The number of hydrogen-bond acceptors (Lipinski definition) is 7. The smallest absolute Gasteiger partial charge is 0.203 e. The largest absolute Gasteiger partial charge is 0.493 e. The predicted molar refractivity (Wildman–Crippen MR) is 114 cm³/mol. The molecule has 0 bridgehead atoms. The summed E-state index contributed by atoms with van der Waals surface area (Å²) in [6.07, 6.45) is 1.90. The van der Waals surface area contributed by atoms with Crippen molar-refractivity contribution in [2.75, 3.05) is 19.6 Å². The van der Waals surface area contributed by atoms with Crippen molar-refractivity contribution >= 4 is 22.7 Å². The minimum Gasteiger partial charge on any atom is -0.493 e. The molecule has 0 atom stereocenters. The van der Waals surface area contributed by atoms with Crippen molar-refractivity contribution in [2.45, 2.75) is 20.0 Å². The minimum absolute atomic E-state index is 0.158. The number of nitrogens with one attached hydrogen (secondary N) is 1.